The number of rotatable bonds is 6. The largest absolute Gasteiger partial charge is 0.337 e. The fraction of sp³-hybridized carbons (Fsp3) is 0.333. The van der Waals surface area contributed by atoms with Crippen molar-refractivity contribution in [2.24, 2.45) is 0 Å². The first-order chi connectivity index (χ1) is 12.1. The summed E-state index contributed by atoms with van der Waals surface area (Å²) in [6.45, 7) is 4.35. The Morgan fingerprint density at radius 1 is 1.32 bits per heavy atom. The van der Waals surface area contributed by atoms with Gasteiger partial charge in [-0.3, -0.25) is 4.79 Å². The van der Waals surface area contributed by atoms with Gasteiger partial charge in [0.2, 0.25) is 11.7 Å². The summed E-state index contributed by atoms with van der Waals surface area (Å²) in [7, 11) is 1.71. The number of nitrogens with zero attached hydrogens (tertiary/aromatic N) is 4. The van der Waals surface area contributed by atoms with E-state index in [2.05, 4.69) is 22.0 Å². The molecule has 3 aromatic rings. The van der Waals surface area contributed by atoms with Crippen molar-refractivity contribution in [1.82, 2.24) is 20.0 Å². The summed E-state index contributed by atoms with van der Waals surface area (Å²) in [5, 5.41) is 6.79. The first kappa shape index (κ1) is 17.3. The Morgan fingerprint density at radius 3 is 2.92 bits per heavy atom. The number of benzene rings is 1. The monoisotopic (exact) mass is 356 g/mol. The molecule has 0 spiro atoms. The molecule has 1 amide bonds. The van der Waals surface area contributed by atoms with Crippen molar-refractivity contribution in [2.45, 2.75) is 33.2 Å². The maximum atomic E-state index is 12.5. The van der Waals surface area contributed by atoms with Gasteiger partial charge in [0.15, 0.2) is 0 Å². The molecule has 0 atom stereocenters. The maximum absolute atomic E-state index is 12.5. The third kappa shape index (κ3) is 4.11. The minimum Gasteiger partial charge on any atom is -0.337 e. The summed E-state index contributed by atoms with van der Waals surface area (Å²) >= 11 is 1.52. The Kier molecular flexibility index (Phi) is 5.23. The van der Waals surface area contributed by atoms with Gasteiger partial charge in [-0.2, -0.15) is 4.98 Å². The second-order valence-electron chi connectivity index (χ2n) is 5.92. The summed E-state index contributed by atoms with van der Waals surface area (Å²) in [4.78, 5) is 22.8. The second kappa shape index (κ2) is 7.57. The lowest BCUT2D eigenvalue weighted by Gasteiger charge is -2.12. The van der Waals surface area contributed by atoms with Crippen molar-refractivity contribution in [2.75, 3.05) is 7.05 Å². The molecule has 2 heterocycles. The number of aryl methyl sites for hydroxylation is 2. The van der Waals surface area contributed by atoms with Crippen molar-refractivity contribution in [3.8, 4) is 11.4 Å². The molecule has 0 N–H and O–H groups in total. The van der Waals surface area contributed by atoms with Crippen LogP contribution in [-0.4, -0.2) is 33.0 Å². The predicted octanol–water partition coefficient (Wildman–Crippen LogP) is 3.73. The standard InChI is InChI=1S/C18H20N4O2S/c1-4-6-16-19-14(11-25-16)18(23)22(3)10-15-20-17(21-24-15)13-8-5-7-12(2)9-13/h5,7-9,11H,4,6,10H2,1-3H3. The summed E-state index contributed by atoms with van der Waals surface area (Å²) in [5.41, 5.74) is 2.49. The van der Waals surface area contributed by atoms with Gasteiger partial charge in [0.05, 0.1) is 5.01 Å². The van der Waals surface area contributed by atoms with Crippen LogP contribution in [0.15, 0.2) is 34.2 Å². The van der Waals surface area contributed by atoms with E-state index in [4.69, 9.17) is 4.52 Å². The molecule has 0 saturated heterocycles. The van der Waals surface area contributed by atoms with E-state index in [9.17, 15) is 4.79 Å². The van der Waals surface area contributed by atoms with Crippen molar-refractivity contribution in [3.05, 3.63) is 51.8 Å². The number of amides is 1. The van der Waals surface area contributed by atoms with E-state index < -0.39 is 0 Å². The van der Waals surface area contributed by atoms with Crippen molar-refractivity contribution < 1.29 is 9.32 Å². The first-order valence-electron chi connectivity index (χ1n) is 8.16. The third-order valence-electron chi connectivity index (χ3n) is 3.70. The quantitative estimate of drug-likeness (QED) is 0.673. The second-order valence-corrected chi connectivity index (χ2v) is 6.86. The highest BCUT2D eigenvalue weighted by atomic mass is 32.1. The summed E-state index contributed by atoms with van der Waals surface area (Å²) in [6.07, 6.45) is 1.91. The van der Waals surface area contributed by atoms with Crippen molar-refractivity contribution in [1.29, 1.82) is 0 Å². The third-order valence-corrected chi connectivity index (χ3v) is 4.61. The molecule has 3 rings (SSSR count). The Labute approximate surface area is 150 Å². The number of hydrogen-bond donors (Lipinski definition) is 0. The van der Waals surface area contributed by atoms with Gasteiger partial charge in [0.25, 0.3) is 5.91 Å². The topological polar surface area (TPSA) is 72.1 Å². The Morgan fingerprint density at radius 2 is 2.16 bits per heavy atom. The highest BCUT2D eigenvalue weighted by molar-refractivity contribution is 7.09. The van der Waals surface area contributed by atoms with Gasteiger partial charge in [-0.25, -0.2) is 4.98 Å². The lowest BCUT2D eigenvalue weighted by Crippen LogP contribution is -2.26. The number of hydrogen-bond acceptors (Lipinski definition) is 6. The molecule has 0 aliphatic heterocycles. The van der Waals surface area contributed by atoms with Gasteiger partial charge < -0.3 is 9.42 Å². The lowest BCUT2D eigenvalue weighted by atomic mass is 10.1. The predicted molar refractivity (Wildman–Crippen MR) is 96.4 cm³/mol. The van der Waals surface area contributed by atoms with Crippen molar-refractivity contribution >= 4 is 17.2 Å². The van der Waals surface area contributed by atoms with E-state index in [1.165, 1.54) is 16.2 Å². The number of carbonyl (C=O) groups excluding carboxylic acids is 1. The van der Waals surface area contributed by atoms with Crippen molar-refractivity contribution in [3.63, 3.8) is 0 Å². The van der Waals surface area contributed by atoms with Gasteiger partial charge in [0, 0.05) is 18.0 Å². The van der Waals surface area contributed by atoms with Crippen LogP contribution in [0.25, 0.3) is 11.4 Å². The van der Waals surface area contributed by atoms with E-state index in [1.807, 2.05) is 31.2 Å². The molecule has 1 aromatic carbocycles. The Hall–Kier alpha value is -2.54. The Bertz CT molecular complexity index is 871. The average Bonchev–Trinajstić information content (AvgIpc) is 3.24. The smallest absolute Gasteiger partial charge is 0.273 e. The highest BCUT2D eigenvalue weighted by Gasteiger charge is 2.18. The fourth-order valence-corrected chi connectivity index (χ4v) is 3.30. The summed E-state index contributed by atoms with van der Waals surface area (Å²) in [6, 6.07) is 7.89. The van der Waals surface area contributed by atoms with Gasteiger partial charge in [0.1, 0.15) is 12.2 Å². The van der Waals surface area contributed by atoms with E-state index in [0.29, 0.717) is 17.4 Å². The fourth-order valence-electron chi connectivity index (χ4n) is 2.43. The van der Waals surface area contributed by atoms with Gasteiger partial charge in [-0.15, -0.1) is 11.3 Å². The summed E-state index contributed by atoms with van der Waals surface area (Å²) in [5.74, 6) is 0.781. The molecule has 2 aromatic heterocycles. The molecule has 7 heteroatoms. The first-order valence-corrected chi connectivity index (χ1v) is 9.04. The molecule has 0 bridgehead atoms. The van der Waals surface area contributed by atoms with Crippen LogP contribution in [0.2, 0.25) is 0 Å². The molecule has 0 saturated carbocycles. The van der Waals surface area contributed by atoms with Gasteiger partial charge >= 0.3 is 0 Å². The number of carbonyl (C=O) groups is 1. The molecule has 0 unspecified atom stereocenters. The van der Waals surface area contributed by atoms with Crippen LogP contribution in [0.4, 0.5) is 0 Å². The maximum Gasteiger partial charge on any atom is 0.273 e. The molecule has 6 nitrogen and oxygen atoms in total. The molecule has 0 fully saturated rings. The van der Waals surface area contributed by atoms with Crippen LogP contribution in [0.5, 0.6) is 0 Å². The molecular weight excluding hydrogens is 336 g/mol. The van der Waals surface area contributed by atoms with Crippen LogP contribution in [0.3, 0.4) is 0 Å². The zero-order valence-corrected chi connectivity index (χ0v) is 15.3. The van der Waals surface area contributed by atoms with E-state index in [-0.39, 0.29) is 12.5 Å². The highest BCUT2D eigenvalue weighted by Crippen LogP contribution is 2.18. The van der Waals surface area contributed by atoms with Gasteiger partial charge in [-0.05, 0) is 25.8 Å². The summed E-state index contributed by atoms with van der Waals surface area (Å²) < 4.78 is 5.29. The normalized spacial score (nSPS) is 10.8. The van der Waals surface area contributed by atoms with E-state index in [1.54, 1.807) is 12.4 Å². The zero-order chi connectivity index (χ0) is 17.8. The SMILES string of the molecule is CCCc1nc(C(=O)N(C)Cc2nc(-c3cccc(C)c3)no2)cs1. The molecule has 130 valence electrons. The van der Waals surface area contributed by atoms with Crippen LogP contribution in [0, 0.1) is 6.92 Å². The molecular formula is C18H20N4O2S. The number of aromatic nitrogens is 3. The number of thiazole rings is 1. The minimum atomic E-state index is -0.145. The zero-order valence-electron chi connectivity index (χ0n) is 14.5. The molecule has 0 aliphatic rings. The molecule has 0 aliphatic carbocycles. The molecule has 25 heavy (non-hydrogen) atoms. The van der Waals surface area contributed by atoms with Crippen LogP contribution >= 0.6 is 11.3 Å². The van der Waals surface area contributed by atoms with E-state index in [0.717, 1.165) is 29.0 Å². The lowest BCUT2D eigenvalue weighted by molar-refractivity contribution is 0.0764. The average molecular weight is 356 g/mol. The molecule has 0 radical (unpaired) electrons. The van der Waals surface area contributed by atoms with E-state index >= 15 is 0 Å². The van der Waals surface area contributed by atoms with Crippen LogP contribution in [-0.2, 0) is 13.0 Å². The van der Waals surface area contributed by atoms with Crippen LogP contribution in [0.1, 0.15) is 40.3 Å². The van der Waals surface area contributed by atoms with Gasteiger partial charge in [-0.1, -0.05) is 35.8 Å². The minimum absolute atomic E-state index is 0.145. The Balaban J connectivity index is 1.68. The van der Waals surface area contributed by atoms with Crippen LogP contribution < -0.4 is 0 Å².